The van der Waals surface area contributed by atoms with Crippen LogP contribution in [0.4, 0.5) is 5.69 Å². The molecule has 2 amide bonds. The van der Waals surface area contributed by atoms with Crippen LogP contribution >= 0.6 is 11.6 Å². The predicted molar refractivity (Wildman–Crippen MR) is 171 cm³/mol. The number of sulfonamides is 1. The molecule has 1 saturated carbocycles. The zero-order chi connectivity index (χ0) is 30.8. The van der Waals surface area contributed by atoms with Gasteiger partial charge >= 0.3 is 0 Å². The molecule has 0 saturated heterocycles. The van der Waals surface area contributed by atoms with Crippen LogP contribution in [0.2, 0.25) is 5.02 Å². The van der Waals surface area contributed by atoms with E-state index in [9.17, 15) is 18.0 Å². The van der Waals surface area contributed by atoms with Gasteiger partial charge in [-0.3, -0.25) is 13.9 Å². The van der Waals surface area contributed by atoms with Gasteiger partial charge in [0.05, 0.1) is 19.1 Å². The summed E-state index contributed by atoms with van der Waals surface area (Å²) in [7, 11) is -2.11. The van der Waals surface area contributed by atoms with E-state index in [2.05, 4.69) is 5.32 Å². The van der Waals surface area contributed by atoms with E-state index in [4.69, 9.17) is 16.3 Å². The highest BCUT2D eigenvalue weighted by atomic mass is 35.5. The molecule has 0 spiro atoms. The van der Waals surface area contributed by atoms with Crippen LogP contribution < -0.4 is 14.4 Å². The molecule has 0 heterocycles. The monoisotopic (exact) mass is 625 g/mol. The Morgan fingerprint density at radius 2 is 1.70 bits per heavy atom. The van der Waals surface area contributed by atoms with Gasteiger partial charge in [-0.1, -0.05) is 79.0 Å². The van der Waals surface area contributed by atoms with Gasteiger partial charge in [0.25, 0.3) is 0 Å². The predicted octanol–water partition coefficient (Wildman–Crippen LogP) is 5.59. The molecule has 1 N–H and O–H groups in total. The molecule has 10 heteroatoms. The third-order valence-corrected chi connectivity index (χ3v) is 9.33. The fraction of sp³-hybridized carbons (Fsp3) is 0.394. The van der Waals surface area contributed by atoms with E-state index in [1.807, 2.05) is 48.5 Å². The topological polar surface area (TPSA) is 96.0 Å². The summed E-state index contributed by atoms with van der Waals surface area (Å²) < 4.78 is 32.0. The summed E-state index contributed by atoms with van der Waals surface area (Å²) in [6, 6.07) is 23.1. The number of carbonyl (C=O) groups excluding carboxylic acids is 2. The molecule has 0 unspecified atom stereocenters. The van der Waals surface area contributed by atoms with Crippen molar-refractivity contribution in [3.05, 3.63) is 95.0 Å². The molecule has 0 bridgehead atoms. The summed E-state index contributed by atoms with van der Waals surface area (Å²) in [4.78, 5) is 29.5. The maximum Gasteiger partial charge on any atom is 0.243 e. The highest BCUT2D eigenvalue weighted by Gasteiger charge is 2.32. The van der Waals surface area contributed by atoms with E-state index < -0.39 is 16.1 Å². The first kappa shape index (κ1) is 32.4. The summed E-state index contributed by atoms with van der Waals surface area (Å²) in [6.07, 6.45) is 5.77. The van der Waals surface area contributed by atoms with Gasteiger partial charge in [-0.25, -0.2) is 8.42 Å². The lowest BCUT2D eigenvalue weighted by atomic mass is 10.0. The number of nitrogens with one attached hydrogen (secondary N) is 1. The van der Waals surface area contributed by atoms with Gasteiger partial charge in [-0.05, 0) is 48.6 Å². The number of hydrogen-bond donors (Lipinski definition) is 1. The molecule has 0 aliphatic heterocycles. The fourth-order valence-corrected chi connectivity index (χ4v) is 6.65. The van der Waals surface area contributed by atoms with Crippen molar-refractivity contribution >= 4 is 39.1 Å². The number of hydrogen-bond acceptors (Lipinski definition) is 5. The van der Waals surface area contributed by atoms with Crippen LogP contribution in [0.5, 0.6) is 5.75 Å². The third kappa shape index (κ3) is 9.21. The molecule has 8 nitrogen and oxygen atoms in total. The van der Waals surface area contributed by atoms with Crippen LogP contribution in [0.1, 0.15) is 49.7 Å². The zero-order valence-corrected chi connectivity index (χ0v) is 26.3. The van der Waals surface area contributed by atoms with Crippen molar-refractivity contribution in [1.29, 1.82) is 0 Å². The highest BCUT2D eigenvalue weighted by Crippen LogP contribution is 2.25. The van der Waals surface area contributed by atoms with Crippen LogP contribution in [-0.4, -0.2) is 57.1 Å². The smallest absolute Gasteiger partial charge is 0.243 e. The van der Waals surface area contributed by atoms with Crippen molar-refractivity contribution in [1.82, 2.24) is 10.2 Å². The van der Waals surface area contributed by atoms with E-state index in [1.54, 1.807) is 35.2 Å². The van der Waals surface area contributed by atoms with Crippen molar-refractivity contribution in [3.8, 4) is 5.75 Å². The zero-order valence-electron chi connectivity index (χ0n) is 24.7. The highest BCUT2D eigenvalue weighted by molar-refractivity contribution is 7.92. The van der Waals surface area contributed by atoms with Gasteiger partial charge in [-0.2, -0.15) is 0 Å². The number of rotatable bonds is 14. The van der Waals surface area contributed by atoms with Gasteiger partial charge in [0.1, 0.15) is 11.8 Å². The molecule has 3 aromatic rings. The first-order valence-corrected chi connectivity index (χ1v) is 16.9. The number of methoxy groups -OCH3 is 1. The Hall–Kier alpha value is -3.56. The summed E-state index contributed by atoms with van der Waals surface area (Å²) in [5.41, 5.74) is 2.13. The van der Waals surface area contributed by atoms with Crippen LogP contribution in [0.3, 0.4) is 0 Å². The maximum atomic E-state index is 14.0. The van der Waals surface area contributed by atoms with Crippen molar-refractivity contribution in [2.45, 2.75) is 63.6 Å². The summed E-state index contributed by atoms with van der Waals surface area (Å²) in [5, 5.41) is 3.71. The molecule has 1 fully saturated rings. The standard InChI is InChI=1S/C33H40ClN3O5S/c1-42-29-18-10-17-28(23-29)37(43(2,40)41)21-11-20-32(38)36(24-26-14-6-9-19-30(26)34)31(22-25-12-4-3-5-13-25)33(39)35-27-15-7-8-16-27/h3-6,9-10,12-14,17-19,23,27,31H,7-8,11,15-16,20-22,24H2,1-2H3,(H,35,39)/t31-/m1/s1. The van der Waals surface area contributed by atoms with Crippen LogP contribution in [-0.2, 0) is 32.6 Å². The Morgan fingerprint density at radius 1 is 1.00 bits per heavy atom. The number of amides is 2. The molecule has 43 heavy (non-hydrogen) atoms. The van der Waals surface area contributed by atoms with Crippen LogP contribution in [0, 0.1) is 0 Å². The number of ether oxygens (including phenoxy) is 1. The minimum absolute atomic E-state index is 0.0441. The summed E-state index contributed by atoms with van der Waals surface area (Å²) in [6.45, 7) is 0.245. The van der Waals surface area contributed by atoms with E-state index in [-0.39, 0.29) is 43.8 Å². The van der Waals surface area contributed by atoms with Gasteiger partial charge in [0.2, 0.25) is 21.8 Å². The molecule has 0 radical (unpaired) electrons. The van der Waals surface area contributed by atoms with Gasteiger partial charge in [-0.15, -0.1) is 0 Å². The van der Waals surface area contributed by atoms with Crippen LogP contribution in [0.25, 0.3) is 0 Å². The summed E-state index contributed by atoms with van der Waals surface area (Å²) >= 11 is 6.52. The van der Waals surface area contributed by atoms with Crippen LogP contribution in [0.15, 0.2) is 78.9 Å². The second-order valence-corrected chi connectivity index (χ2v) is 13.3. The Balaban J connectivity index is 1.59. The Kier molecular flexibility index (Phi) is 11.5. The minimum atomic E-state index is -3.63. The number of halogens is 1. The SMILES string of the molecule is COc1cccc(N(CCCC(=O)N(Cc2ccccc2Cl)[C@H](Cc2ccccc2)C(=O)NC2CCCC2)S(C)(=O)=O)c1. The second-order valence-electron chi connectivity index (χ2n) is 10.9. The van der Waals surface area contributed by atoms with E-state index in [0.717, 1.165) is 43.1 Å². The van der Waals surface area contributed by atoms with Crippen molar-refractivity contribution in [3.63, 3.8) is 0 Å². The molecule has 0 aromatic heterocycles. The molecule has 1 aliphatic carbocycles. The Bertz CT molecular complexity index is 1480. The lowest BCUT2D eigenvalue weighted by Gasteiger charge is -2.33. The van der Waals surface area contributed by atoms with Crippen molar-refractivity contribution in [2.24, 2.45) is 0 Å². The molecule has 4 rings (SSSR count). The molecule has 3 aromatic carbocycles. The normalized spacial score (nSPS) is 14.2. The first-order chi connectivity index (χ1) is 20.7. The quantitative estimate of drug-likeness (QED) is 0.252. The summed E-state index contributed by atoms with van der Waals surface area (Å²) in [5.74, 6) is 0.0944. The van der Waals surface area contributed by atoms with E-state index in [1.165, 1.54) is 11.4 Å². The largest absolute Gasteiger partial charge is 0.497 e. The number of benzene rings is 3. The average Bonchev–Trinajstić information content (AvgIpc) is 3.50. The van der Waals surface area contributed by atoms with Gasteiger partial charge < -0.3 is 15.0 Å². The van der Waals surface area contributed by atoms with E-state index >= 15 is 0 Å². The molecule has 1 aliphatic rings. The van der Waals surface area contributed by atoms with Crippen molar-refractivity contribution < 1.29 is 22.7 Å². The molecular formula is C33H40ClN3O5S. The number of carbonyl (C=O) groups is 2. The van der Waals surface area contributed by atoms with Crippen molar-refractivity contribution in [2.75, 3.05) is 24.2 Å². The maximum absolute atomic E-state index is 14.0. The lowest BCUT2D eigenvalue weighted by Crippen LogP contribution is -2.52. The first-order valence-electron chi connectivity index (χ1n) is 14.6. The number of anilines is 1. The van der Waals surface area contributed by atoms with Gasteiger partial charge in [0, 0.05) is 43.1 Å². The number of nitrogens with zero attached hydrogens (tertiary/aromatic N) is 2. The lowest BCUT2D eigenvalue weighted by molar-refractivity contribution is -0.141. The fourth-order valence-electron chi connectivity index (χ4n) is 5.50. The Labute approximate surface area is 260 Å². The molecule has 230 valence electrons. The Morgan fingerprint density at radius 3 is 2.37 bits per heavy atom. The second kappa shape index (κ2) is 15.3. The van der Waals surface area contributed by atoms with E-state index in [0.29, 0.717) is 22.9 Å². The molecular weight excluding hydrogens is 586 g/mol. The van der Waals surface area contributed by atoms with Gasteiger partial charge in [0.15, 0.2) is 0 Å². The molecule has 1 atom stereocenters. The minimum Gasteiger partial charge on any atom is -0.497 e. The third-order valence-electron chi connectivity index (χ3n) is 7.76. The average molecular weight is 626 g/mol.